The van der Waals surface area contributed by atoms with Gasteiger partial charge >= 0.3 is 5.97 Å². The molecule has 2 aromatic carbocycles. The third-order valence-electron chi connectivity index (χ3n) is 6.46. The van der Waals surface area contributed by atoms with E-state index >= 15 is 0 Å². The number of aromatic amines is 2. The van der Waals surface area contributed by atoms with Gasteiger partial charge < -0.3 is 24.9 Å². The summed E-state index contributed by atoms with van der Waals surface area (Å²) in [6.07, 6.45) is 6.20. The maximum absolute atomic E-state index is 13.6. The van der Waals surface area contributed by atoms with Gasteiger partial charge in [0.1, 0.15) is 23.4 Å². The third kappa shape index (κ3) is 4.81. The number of nitrogens with zero attached hydrogens (tertiary/aromatic N) is 1. The summed E-state index contributed by atoms with van der Waals surface area (Å²) >= 11 is 0. The van der Waals surface area contributed by atoms with Gasteiger partial charge in [-0.05, 0) is 49.2 Å². The van der Waals surface area contributed by atoms with Gasteiger partial charge in [-0.3, -0.25) is 0 Å². The first-order valence-corrected chi connectivity index (χ1v) is 11.7. The van der Waals surface area contributed by atoms with Crippen LogP contribution in [-0.4, -0.2) is 37.3 Å². The molecule has 1 aliphatic rings. The summed E-state index contributed by atoms with van der Waals surface area (Å²) in [7, 11) is 0. The van der Waals surface area contributed by atoms with Crippen LogP contribution in [0.15, 0.2) is 78.7 Å². The number of rotatable bonds is 8. The molecular weight excluding hydrogens is 461 g/mol. The molecule has 2 aromatic heterocycles. The van der Waals surface area contributed by atoms with Crippen molar-refractivity contribution in [3.05, 3.63) is 89.9 Å². The fraction of sp³-hybridized carbons (Fsp3) is 0.214. The smallest absolute Gasteiger partial charge is 0.338 e. The van der Waals surface area contributed by atoms with E-state index in [9.17, 15) is 14.3 Å². The Labute approximate surface area is 207 Å². The van der Waals surface area contributed by atoms with Crippen molar-refractivity contribution < 1.29 is 24.1 Å². The zero-order chi connectivity index (χ0) is 25.2. The Hall–Kier alpha value is -4.17. The van der Waals surface area contributed by atoms with Crippen molar-refractivity contribution in [2.45, 2.75) is 32.0 Å². The molecule has 0 amide bonds. The summed E-state index contributed by atoms with van der Waals surface area (Å²) in [5.74, 6) is 0.198. The number of aliphatic carboxylic acids is 1. The molecule has 1 aliphatic carbocycles. The topological polar surface area (TPSA) is 111 Å². The number of ether oxygens (including phenoxy) is 1. The normalized spacial score (nSPS) is 17.1. The molecule has 3 atom stereocenters. The highest BCUT2D eigenvalue weighted by atomic mass is 19.1. The molecule has 7 nitrogen and oxygen atoms in total. The van der Waals surface area contributed by atoms with Crippen molar-refractivity contribution in [2.75, 3.05) is 0 Å². The van der Waals surface area contributed by atoms with Crippen LogP contribution in [0.3, 0.4) is 0 Å². The number of aryl methyl sites for hydroxylation is 1. The lowest BCUT2D eigenvalue weighted by Crippen LogP contribution is -2.17. The van der Waals surface area contributed by atoms with Crippen molar-refractivity contribution in [2.24, 2.45) is 5.92 Å². The molecule has 3 unspecified atom stereocenters. The summed E-state index contributed by atoms with van der Waals surface area (Å²) in [4.78, 5) is 21.7. The minimum absolute atomic E-state index is 0.230. The summed E-state index contributed by atoms with van der Waals surface area (Å²) < 4.78 is 19.8. The zero-order valence-corrected chi connectivity index (χ0v) is 19.6. The van der Waals surface area contributed by atoms with E-state index in [0.29, 0.717) is 29.3 Å². The molecule has 5 rings (SSSR count). The summed E-state index contributed by atoms with van der Waals surface area (Å²) in [5.41, 5.74) is 3.97. The van der Waals surface area contributed by atoms with Crippen LogP contribution in [-0.2, 0) is 4.79 Å². The number of allylic oxidation sites excluding steroid dienone is 3. The Balaban J connectivity index is 1.32. The number of aliphatic hydroxyl groups is 1. The van der Waals surface area contributed by atoms with E-state index in [1.165, 1.54) is 0 Å². The van der Waals surface area contributed by atoms with Crippen LogP contribution in [0.1, 0.15) is 30.2 Å². The minimum atomic E-state index is -1.97. The molecule has 4 aromatic rings. The van der Waals surface area contributed by atoms with Gasteiger partial charge in [-0.1, -0.05) is 30.4 Å². The standard InChI is InChI=1S/C28H26FN3O4/c1-16-21-10-11-30-23(21)8-9-25(16)36-20-7-3-6-19(14-20)27-31-15-24(32-27)26(33)18-5-2-4-17(12-18)13-22(29)28(34)35/h2-4,6-12,14-15,18,22,26,30,33H,5,13H2,1H3,(H,31,32)(H,34,35). The second-order valence-electron chi connectivity index (χ2n) is 8.94. The van der Waals surface area contributed by atoms with Gasteiger partial charge in [-0.25, -0.2) is 14.2 Å². The molecule has 0 fully saturated rings. The number of carboxylic acids is 1. The zero-order valence-electron chi connectivity index (χ0n) is 19.6. The molecule has 4 N–H and O–H groups in total. The van der Waals surface area contributed by atoms with Gasteiger partial charge in [-0.2, -0.15) is 0 Å². The summed E-state index contributed by atoms with van der Waals surface area (Å²) in [5, 5.41) is 20.9. The number of aliphatic hydroxyl groups excluding tert-OH is 1. The second kappa shape index (κ2) is 9.83. The van der Waals surface area contributed by atoms with Crippen LogP contribution in [0.4, 0.5) is 4.39 Å². The average molecular weight is 488 g/mol. The fourth-order valence-electron chi connectivity index (χ4n) is 4.50. The van der Waals surface area contributed by atoms with Gasteiger partial charge in [-0.15, -0.1) is 0 Å². The van der Waals surface area contributed by atoms with Gasteiger partial charge in [0.15, 0.2) is 0 Å². The minimum Gasteiger partial charge on any atom is -0.479 e. The van der Waals surface area contributed by atoms with Crippen molar-refractivity contribution >= 4 is 16.9 Å². The number of benzene rings is 2. The maximum Gasteiger partial charge on any atom is 0.338 e. The molecule has 184 valence electrons. The van der Waals surface area contributed by atoms with E-state index in [1.54, 1.807) is 18.3 Å². The number of halogens is 1. The molecule has 0 saturated heterocycles. The van der Waals surface area contributed by atoms with E-state index in [2.05, 4.69) is 15.0 Å². The monoisotopic (exact) mass is 487 g/mol. The number of carboxylic acid groups (broad SMARTS) is 1. The van der Waals surface area contributed by atoms with Crippen LogP contribution in [0, 0.1) is 12.8 Å². The Bertz CT molecular complexity index is 1470. The summed E-state index contributed by atoms with van der Waals surface area (Å²) in [6.45, 7) is 2.02. The Morgan fingerprint density at radius 1 is 1.28 bits per heavy atom. The highest BCUT2D eigenvalue weighted by Crippen LogP contribution is 2.34. The predicted molar refractivity (Wildman–Crippen MR) is 135 cm³/mol. The number of hydrogen-bond donors (Lipinski definition) is 4. The number of aromatic nitrogens is 3. The van der Waals surface area contributed by atoms with E-state index in [1.807, 2.05) is 61.7 Å². The highest BCUT2D eigenvalue weighted by Gasteiger charge is 2.25. The Morgan fingerprint density at radius 2 is 2.14 bits per heavy atom. The Morgan fingerprint density at radius 3 is 2.97 bits per heavy atom. The van der Waals surface area contributed by atoms with Gasteiger partial charge in [0, 0.05) is 40.6 Å². The lowest BCUT2D eigenvalue weighted by atomic mass is 9.88. The number of alkyl halides is 1. The number of nitrogens with one attached hydrogen (secondary N) is 2. The van der Waals surface area contributed by atoms with Crippen LogP contribution >= 0.6 is 0 Å². The molecule has 8 heteroatoms. The Kier molecular flexibility index (Phi) is 6.43. The highest BCUT2D eigenvalue weighted by molar-refractivity contribution is 5.85. The van der Waals surface area contributed by atoms with E-state index < -0.39 is 18.2 Å². The number of hydrogen-bond acceptors (Lipinski definition) is 4. The van der Waals surface area contributed by atoms with Gasteiger partial charge in [0.05, 0.1) is 11.9 Å². The van der Waals surface area contributed by atoms with Crippen molar-refractivity contribution in [1.29, 1.82) is 0 Å². The molecular formula is C28H26FN3O4. The molecule has 0 saturated carbocycles. The first kappa shape index (κ1) is 23.6. The van der Waals surface area contributed by atoms with Crippen LogP contribution in [0.25, 0.3) is 22.3 Å². The lowest BCUT2D eigenvalue weighted by Gasteiger charge is -2.21. The van der Waals surface area contributed by atoms with Crippen LogP contribution in [0.5, 0.6) is 11.5 Å². The van der Waals surface area contributed by atoms with Gasteiger partial charge in [0.25, 0.3) is 0 Å². The largest absolute Gasteiger partial charge is 0.479 e. The quantitative estimate of drug-likeness (QED) is 0.243. The van der Waals surface area contributed by atoms with E-state index in [0.717, 1.165) is 27.8 Å². The van der Waals surface area contributed by atoms with Crippen LogP contribution < -0.4 is 4.74 Å². The number of H-pyrrole nitrogens is 2. The fourth-order valence-corrected chi connectivity index (χ4v) is 4.50. The second-order valence-corrected chi connectivity index (χ2v) is 8.94. The SMILES string of the molecule is Cc1c(Oc2cccc(-c3ncc(C(O)C4C=C(CC(F)C(=O)O)C=CC4)[nH]3)c2)ccc2[nH]ccc12. The van der Waals surface area contributed by atoms with Crippen molar-refractivity contribution in [1.82, 2.24) is 15.0 Å². The van der Waals surface area contributed by atoms with Gasteiger partial charge in [0.2, 0.25) is 6.17 Å². The molecule has 36 heavy (non-hydrogen) atoms. The number of carbonyl (C=O) groups is 1. The summed E-state index contributed by atoms with van der Waals surface area (Å²) in [6, 6.07) is 13.5. The van der Waals surface area contributed by atoms with Crippen molar-refractivity contribution in [3.8, 4) is 22.9 Å². The first-order valence-electron chi connectivity index (χ1n) is 11.7. The molecule has 0 bridgehead atoms. The predicted octanol–water partition coefficient (Wildman–Crippen LogP) is 6.01. The third-order valence-corrected chi connectivity index (χ3v) is 6.46. The van der Waals surface area contributed by atoms with Crippen LogP contribution in [0.2, 0.25) is 0 Å². The molecule has 2 heterocycles. The van der Waals surface area contributed by atoms with Crippen molar-refractivity contribution in [3.63, 3.8) is 0 Å². The number of fused-ring (bicyclic) bond motifs is 1. The molecule has 0 aliphatic heterocycles. The maximum atomic E-state index is 13.6. The first-order chi connectivity index (χ1) is 17.4. The average Bonchev–Trinajstić information content (AvgIpc) is 3.56. The molecule has 0 spiro atoms. The lowest BCUT2D eigenvalue weighted by molar-refractivity contribution is -0.142. The molecule has 0 radical (unpaired) electrons. The van der Waals surface area contributed by atoms with E-state index in [4.69, 9.17) is 9.84 Å². The van der Waals surface area contributed by atoms with E-state index in [-0.39, 0.29) is 12.3 Å². The number of imidazole rings is 1.